The first-order valence-electron chi connectivity index (χ1n) is 10.4. The van der Waals surface area contributed by atoms with Crippen LogP contribution in [0.15, 0.2) is 59.4 Å². The zero-order chi connectivity index (χ0) is 21.6. The minimum atomic E-state index is -0.101. The molecule has 0 amide bonds. The summed E-state index contributed by atoms with van der Waals surface area (Å²) in [5, 5.41) is 4.68. The largest absolute Gasteiger partial charge is 0.497 e. The molecule has 31 heavy (non-hydrogen) atoms. The summed E-state index contributed by atoms with van der Waals surface area (Å²) in [5.74, 6) is 1.53. The number of morpholine rings is 1. The predicted molar refractivity (Wildman–Crippen MR) is 120 cm³/mol. The van der Waals surface area contributed by atoms with Crippen molar-refractivity contribution in [1.29, 1.82) is 0 Å². The molecule has 1 aliphatic heterocycles. The van der Waals surface area contributed by atoms with Gasteiger partial charge in [-0.2, -0.15) is 5.10 Å². The van der Waals surface area contributed by atoms with Gasteiger partial charge in [-0.25, -0.2) is 4.68 Å². The third-order valence-electron chi connectivity index (χ3n) is 5.49. The maximum Gasteiger partial charge on any atom is 0.274 e. The van der Waals surface area contributed by atoms with Crippen molar-refractivity contribution >= 4 is 0 Å². The van der Waals surface area contributed by atoms with Gasteiger partial charge in [0, 0.05) is 25.2 Å². The first-order valence-corrected chi connectivity index (χ1v) is 10.4. The molecule has 162 valence electrons. The van der Waals surface area contributed by atoms with Crippen LogP contribution in [0, 0.1) is 0 Å². The summed E-state index contributed by atoms with van der Waals surface area (Å²) in [6, 6.07) is 17.1. The van der Waals surface area contributed by atoms with Crippen molar-refractivity contribution in [3.05, 3.63) is 65.0 Å². The minimum Gasteiger partial charge on any atom is -0.497 e. The number of methoxy groups -OCH3 is 2. The Hall–Kier alpha value is -3.16. The smallest absolute Gasteiger partial charge is 0.274 e. The van der Waals surface area contributed by atoms with Gasteiger partial charge < -0.3 is 14.2 Å². The molecule has 0 aliphatic carbocycles. The minimum absolute atomic E-state index is 0.101. The van der Waals surface area contributed by atoms with Gasteiger partial charge in [-0.1, -0.05) is 12.1 Å². The van der Waals surface area contributed by atoms with Crippen LogP contribution in [0.2, 0.25) is 0 Å². The molecule has 0 saturated carbocycles. The molecule has 3 aromatic rings. The van der Waals surface area contributed by atoms with E-state index in [-0.39, 0.29) is 5.56 Å². The second kappa shape index (κ2) is 9.76. The molecule has 0 bridgehead atoms. The Morgan fingerprint density at radius 2 is 1.45 bits per heavy atom. The number of benzene rings is 2. The van der Waals surface area contributed by atoms with Gasteiger partial charge in [-0.3, -0.25) is 9.69 Å². The highest BCUT2D eigenvalue weighted by atomic mass is 16.5. The van der Waals surface area contributed by atoms with E-state index in [0.29, 0.717) is 12.1 Å². The molecular weight excluding hydrogens is 394 g/mol. The van der Waals surface area contributed by atoms with Crippen molar-refractivity contribution in [2.45, 2.75) is 6.54 Å². The van der Waals surface area contributed by atoms with Gasteiger partial charge in [-0.05, 0) is 48.0 Å². The second-order valence-corrected chi connectivity index (χ2v) is 7.38. The van der Waals surface area contributed by atoms with E-state index < -0.39 is 0 Å². The van der Waals surface area contributed by atoms with Crippen molar-refractivity contribution in [3.63, 3.8) is 0 Å². The van der Waals surface area contributed by atoms with E-state index in [2.05, 4.69) is 10.00 Å². The van der Waals surface area contributed by atoms with E-state index >= 15 is 0 Å². The lowest BCUT2D eigenvalue weighted by Gasteiger charge is -2.26. The zero-order valence-electron chi connectivity index (χ0n) is 17.9. The average Bonchev–Trinajstić information content (AvgIpc) is 2.84. The molecule has 2 aromatic carbocycles. The Kier molecular flexibility index (Phi) is 6.64. The van der Waals surface area contributed by atoms with E-state index in [1.165, 1.54) is 0 Å². The fraction of sp³-hybridized carbons (Fsp3) is 0.333. The molecule has 1 saturated heterocycles. The monoisotopic (exact) mass is 421 g/mol. The van der Waals surface area contributed by atoms with Gasteiger partial charge >= 0.3 is 0 Å². The van der Waals surface area contributed by atoms with Crippen molar-refractivity contribution in [2.24, 2.45) is 0 Å². The number of aromatic nitrogens is 2. The Morgan fingerprint density at radius 3 is 2.03 bits per heavy atom. The molecule has 0 radical (unpaired) electrons. The highest BCUT2D eigenvalue weighted by molar-refractivity contribution is 5.70. The van der Waals surface area contributed by atoms with Gasteiger partial charge in [0.15, 0.2) is 0 Å². The predicted octanol–water partition coefficient (Wildman–Crippen LogP) is 2.93. The van der Waals surface area contributed by atoms with Gasteiger partial charge in [0.25, 0.3) is 5.56 Å². The molecule has 1 aliphatic rings. The summed E-state index contributed by atoms with van der Waals surface area (Å²) in [7, 11) is 3.27. The summed E-state index contributed by atoms with van der Waals surface area (Å²) >= 11 is 0. The topological polar surface area (TPSA) is 65.8 Å². The molecule has 0 atom stereocenters. The maximum absolute atomic E-state index is 13.3. The highest BCUT2D eigenvalue weighted by Crippen LogP contribution is 2.25. The summed E-state index contributed by atoms with van der Waals surface area (Å²) in [6.45, 7) is 4.48. The molecule has 2 heterocycles. The molecule has 7 nitrogen and oxygen atoms in total. The van der Waals surface area contributed by atoms with E-state index in [0.717, 1.165) is 61.2 Å². The SMILES string of the molecule is COc1ccc(-c2cc(-c3ccc(OC)cc3)c(=O)n(CCN3CCOCC3)n2)cc1. The van der Waals surface area contributed by atoms with Gasteiger partial charge in [0.05, 0.1) is 45.2 Å². The van der Waals surface area contributed by atoms with Gasteiger partial charge in [0.1, 0.15) is 11.5 Å². The molecule has 0 N–H and O–H groups in total. The van der Waals surface area contributed by atoms with Crippen molar-refractivity contribution in [3.8, 4) is 33.9 Å². The lowest BCUT2D eigenvalue weighted by Crippen LogP contribution is -2.39. The van der Waals surface area contributed by atoms with Crippen LogP contribution in [-0.4, -0.2) is 61.7 Å². The van der Waals surface area contributed by atoms with Crippen LogP contribution >= 0.6 is 0 Å². The van der Waals surface area contributed by atoms with Crippen molar-refractivity contribution in [2.75, 3.05) is 47.1 Å². The lowest BCUT2D eigenvalue weighted by molar-refractivity contribution is 0.0358. The molecule has 1 fully saturated rings. The Labute approximate surface area is 181 Å². The van der Waals surface area contributed by atoms with Gasteiger partial charge in [0.2, 0.25) is 0 Å². The van der Waals surface area contributed by atoms with E-state index in [1.807, 2.05) is 54.6 Å². The maximum atomic E-state index is 13.3. The van der Waals surface area contributed by atoms with E-state index in [4.69, 9.17) is 14.2 Å². The molecule has 0 spiro atoms. The average molecular weight is 421 g/mol. The molecule has 0 unspecified atom stereocenters. The van der Waals surface area contributed by atoms with Gasteiger partial charge in [-0.15, -0.1) is 0 Å². The summed E-state index contributed by atoms with van der Waals surface area (Å²) < 4.78 is 17.5. The van der Waals surface area contributed by atoms with E-state index in [1.54, 1.807) is 18.9 Å². The molecule has 4 rings (SSSR count). The van der Waals surface area contributed by atoms with Crippen molar-refractivity contribution < 1.29 is 14.2 Å². The highest BCUT2D eigenvalue weighted by Gasteiger charge is 2.15. The van der Waals surface area contributed by atoms with Crippen LogP contribution in [0.5, 0.6) is 11.5 Å². The molecule has 1 aromatic heterocycles. The number of hydrogen-bond acceptors (Lipinski definition) is 6. The first kappa shape index (κ1) is 21.1. The number of ether oxygens (including phenoxy) is 3. The lowest BCUT2D eigenvalue weighted by atomic mass is 10.0. The van der Waals surface area contributed by atoms with Crippen LogP contribution < -0.4 is 15.0 Å². The zero-order valence-corrected chi connectivity index (χ0v) is 17.9. The number of hydrogen-bond donors (Lipinski definition) is 0. The van der Waals surface area contributed by atoms with Crippen LogP contribution in [0.3, 0.4) is 0 Å². The fourth-order valence-electron chi connectivity index (χ4n) is 3.63. The molecule has 7 heteroatoms. The summed E-state index contributed by atoms with van der Waals surface area (Å²) in [6.07, 6.45) is 0. The van der Waals surface area contributed by atoms with Crippen LogP contribution in [-0.2, 0) is 11.3 Å². The third kappa shape index (κ3) is 4.95. The van der Waals surface area contributed by atoms with E-state index in [9.17, 15) is 4.79 Å². The number of rotatable bonds is 7. The van der Waals surface area contributed by atoms with Crippen molar-refractivity contribution in [1.82, 2.24) is 14.7 Å². The van der Waals surface area contributed by atoms with Crippen LogP contribution in [0.1, 0.15) is 0 Å². The summed E-state index contributed by atoms with van der Waals surface area (Å²) in [4.78, 5) is 15.6. The van der Waals surface area contributed by atoms with Crippen LogP contribution in [0.25, 0.3) is 22.4 Å². The Balaban J connectivity index is 1.71. The normalized spacial score (nSPS) is 14.4. The Morgan fingerprint density at radius 1 is 0.871 bits per heavy atom. The standard InChI is InChI=1S/C24H27N3O4/c1-29-20-7-3-18(4-8-20)22-17-23(19-5-9-21(30-2)10-6-19)25-27(24(22)28)12-11-26-13-15-31-16-14-26/h3-10,17H,11-16H2,1-2H3. The van der Waals surface area contributed by atoms with Crippen LogP contribution in [0.4, 0.5) is 0 Å². The first-order chi connectivity index (χ1) is 15.2. The second-order valence-electron chi connectivity index (χ2n) is 7.38. The quantitative estimate of drug-likeness (QED) is 0.585. The summed E-state index contributed by atoms with van der Waals surface area (Å²) in [5.41, 5.74) is 3.02. The fourth-order valence-corrected chi connectivity index (χ4v) is 3.63. The third-order valence-corrected chi connectivity index (χ3v) is 5.49. The molecular formula is C24H27N3O4. The number of nitrogens with zero attached hydrogens (tertiary/aromatic N) is 3. The Bertz CT molecular complexity index is 1060.